The number of amides is 1. The van der Waals surface area contributed by atoms with E-state index < -0.39 is 27.3 Å². The van der Waals surface area contributed by atoms with Crippen LogP contribution in [-0.4, -0.2) is 20.1 Å². The van der Waals surface area contributed by atoms with Crippen molar-refractivity contribution in [2.24, 2.45) is 0 Å². The van der Waals surface area contributed by atoms with Crippen molar-refractivity contribution in [3.8, 4) is 0 Å². The second-order valence-corrected chi connectivity index (χ2v) is 9.41. The van der Waals surface area contributed by atoms with Crippen LogP contribution in [0.5, 0.6) is 0 Å². The predicted octanol–water partition coefficient (Wildman–Crippen LogP) is 3.35. The number of benzene rings is 2. The molecule has 0 aliphatic carbocycles. The fourth-order valence-corrected chi connectivity index (χ4v) is 3.80. The van der Waals surface area contributed by atoms with Crippen LogP contribution in [0.3, 0.4) is 0 Å². The van der Waals surface area contributed by atoms with Crippen molar-refractivity contribution in [2.45, 2.75) is 38.5 Å². The lowest BCUT2D eigenvalue weighted by atomic mass is 9.87. The van der Waals surface area contributed by atoms with E-state index in [-0.39, 0.29) is 17.7 Å². The van der Waals surface area contributed by atoms with Crippen LogP contribution in [0.1, 0.15) is 37.5 Å². The number of carbonyl (C=O) groups is 1. The Kier molecular flexibility index (Phi) is 6.18. The second kappa shape index (κ2) is 7.99. The van der Waals surface area contributed by atoms with Crippen molar-refractivity contribution in [2.75, 3.05) is 5.75 Å². The number of sulfone groups is 1. The zero-order valence-corrected chi connectivity index (χ0v) is 16.1. The van der Waals surface area contributed by atoms with Gasteiger partial charge in [-0.15, -0.1) is 0 Å². The van der Waals surface area contributed by atoms with Crippen molar-refractivity contribution in [1.82, 2.24) is 5.32 Å². The molecule has 2 aromatic rings. The highest BCUT2D eigenvalue weighted by Gasteiger charge is 2.19. The number of nitrogens with one attached hydrogen (secondary N) is 1. The molecule has 0 unspecified atom stereocenters. The lowest BCUT2D eigenvalue weighted by Crippen LogP contribution is -2.30. The average Bonchev–Trinajstić information content (AvgIpc) is 2.53. The van der Waals surface area contributed by atoms with E-state index in [0.717, 1.165) is 5.56 Å². The van der Waals surface area contributed by atoms with Gasteiger partial charge >= 0.3 is 0 Å². The van der Waals surface area contributed by atoms with Crippen LogP contribution >= 0.6 is 0 Å². The van der Waals surface area contributed by atoms with Crippen molar-refractivity contribution >= 4 is 15.7 Å². The van der Waals surface area contributed by atoms with E-state index in [9.17, 15) is 17.6 Å². The Morgan fingerprint density at radius 2 is 1.65 bits per heavy atom. The Morgan fingerprint density at radius 3 is 2.23 bits per heavy atom. The topological polar surface area (TPSA) is 63.2 Å². The van der Waals surface area contributed by atoms with Crippen LogP contribution in [0.15, 0.2) is 48.5 Å². The number of hydrogen-bond acceptors (Lipinski definition) is 3. The van der Waals surface area contributed by atoms with Gasteiger partial charge in [0.1, 0.15) is 11.6 Å². The SMILES string of the molecule is CC(C)(C)c1ccc(CS(=O)(=O)CC(=O)NCc2ccccc2F)cc1. The Morgan fingerprint density at radius 1 is 1.04 bits per heavy atom. The number of rotatable bonds is 6. The van der Waals surface area contributed by atoms with Crippen LogP contribution in [0, 0.1) is 5.82 Å². The molecule has 0 saturated heterocycles. The molecule has 0 aliphatic heterocycles. The molecule has 0 saturated carbocycles. The fraction of sp³-hybridized carbons (Fsp3) is 0.350. The van der Waals surface area contributed by atoms with Gasteiger partial charge in [-0.05, 0) is 22.6 Å². The van der Waals surface area contributed by atoms with Gasteiger partial charge in [-0.3, -0.25) is 4.79 Å². The molecule has 0 fully saturated rings. The summed E-state index contributed by atoms with van der Waals surface area (Å²) in [5.41, 5.74) is 2.06. The molecule has 0 spiro atoms. The highest BCUT2D eigenvalue weighted by atomic mass is 32.2. The van der Waals surface area contributed by atoms with Crippen molar-refractivity contribution < 1.29 is 17.6 Å². The summed E-state index contributed by atoms with van der Waals surface area (Å²) in [7, 11) is -3.60. The quantitative estimate of drug-likeness (QED) is 0.840. The van der Waals surface area contributed by atoms with Gasteiger partial charge in [0.15, 0.2) is 9.84 Å². The van der Waals surface area contributed by atoms with E-state index >= 15 is 0 Å². The van der Waals surface area contributed by atoms with E-state index in [1.54, 1.807) is 30.3 Å². The largest absolute Gasteiger partial charge is 0.351 e. The molecule has 0 bridgehead atoms. The number of carbonyl (C=O) groups excluding carboxylic acids is 1. The Bertz CT molecular complexity index is 869. The molecule has 4 nitrogen and oxygen atoms in total. The van der Waals surface area contributed by atoms with Crippen LogP contribution in [0.25, 0.3) is 0 Å². The first-order valence-corrected chi connectivity index (χ1v) is 10.2. The smallest absolute Gasteiger partial charge is 0.235 e. The normalized spacial score (nSPS) is 12.0. The number of hydrogen-bond donors (Lipinski definition) is 1. The van der Waals surface area contributed by atoms with Gasteiger partial charge in [-0.25, -0.2) is 12.8 Å². The molecule has 1 N–H and O–H groups in total. The van der Waals surface area contributed by atoms with Crippen LogP contribution < -0.4 is 5.32 Å². The molecule has 6 heteroatoms. The first-order chi connectivity index (χ1) is 12.1. The molecule has 2 aromatic carbocycles. The molecule has 140 valence electrons. The third-order valence-electron chi connectivity index (χ3n) is 3.99. The van der Waals surface area contributed by atoms with Crippen molar-refractivity contribution in [3.05, 3.63) is 71.0 Å². The third kappa shape index (κ3) is 5.95. The standard InChI is InChI=1S/C20H24FNO3S/c1-20(2,3)17-10-8-15(9-11-17)13-26(24,25)14-19(23)22-12-16-6-4-5-7-18(16)21/h4-11H,12-14H2,1-3H3,(H,22,23). The Hall–Kier alpha value is -2.21. The van der Waals surface area contributed by atoms with Crippen LogP contribution in [0.2, 0.25) is 0 Å². The van der Waals surface area contributed by atoms with E-state index in [4.69, 9.17) is 0 Å². The minimum absolute atomic E-state index is 0.00992. The van der Waals surface area contributed by atoms with Gasteiger partial charge in [0.25, 0.3) is 0 Å². The second-order valence-electron chi connectivity index (χ2n) is 7.35. The molecule has 0 radical (unpaired) electrons. The highest BCUT2D eigenvalue weighted by molar-refractivity contribution is 7.91. The summed E-state index contributed by atoms with van der Waals surface area (Å²) in [6.07, 6.45) is 0. The molecule has 0 aromatic heterocycles. The molecule has 0 heterocycles. The first kappa shape index (κ1) is 20.1. The summed E-state index contributed by atoms with van der Waals surface area (Å²) in [5, 5.41) is 2.45. The zero-order valence-electron chi connectivity index (χ0n) is 15.3. The van der Waals surface area contributed by atoms with E-state index in [2.05, 4.69) is 26.1 Å². The maximum absolute atomic E-state index is 13.5. The van der Waals surface area contributed by atoms with E-state index in [1.165, 1.54) is 6.07 Å². The zero-order chi connectivity index (χ0) is 19.4. The van der Waals surface area contributed by atoms with E-state index in [0.29, 0.717) is 11.1 Å². The monoisotopic (exact) mass is 377 g/mol. The van der Waals surface area contributed by atoms with E-state index in [1.807, 2.05) is 12.1 Å². The van der Waals surface area contributed by atoms with Gasteiger partial charge in [-0.2, -0.15) is 0 Å². The number of halogens is 1. The average molecular weight is 377 g/mol. The maximum Gasteiger partial charge on any atom is 0.235 e. The third-order valence-corrected chi connectivity index (χ3v) is 5.47. The Labute approximate surface area is 154 Å². The molecule has 2 rings (SSSR count). The van der Waals surface area contributed by atoms with Gasteiger partial charge in [-0.1, -0.05) is 63.2 Å². The predicted molar refractivity (Wildman–Crippen MR) is 101 cm³/mol. The van der Waals surface area contributed by atoms with Gasteiger partial charge in [0.05, 0.1) is 5.75 Å². The Balaban J connectivity index is 1.93. The summed E-state index contributed by atoms with van der Waals surface area (Å²) in [6.45, 7) is 6.21. The minimum atomic E-state index is -3.60. The van der Waals surface area contributed by atoms with Crippen LogP contribution in [0.4, 0.5) is 4.39 Å². The summed E-state index contributed by atoms with van der Waals surface area (Å²) >= 11 is 0. The summed E-state index contributed by atoms with van der Waals surface area (Å²) in [5.74, 6) is -1.90. The molecular formula is C20H24FNO3S. The summed E-state index contributed by atoms with van der Waals surface area (Å²) < 4.78 is 38.0. The molecule has 26 heavy (non-hydrogen) atoms. The van der Waals surface area contributed by atoms with Gasteiger partial charge in [0.2, 0.25) is 5.91 Å². The lowest BCUT2D eigenvalue weighted by molar-refractivity contribution is -0.118. The highest BCUT2D eigenvalue weighted by Crippen LogP contribution is 2.22. The first-order valence-electron chi connectivity index (χ1n) is 8.37. The molecule has 0 atom stereocenters. The maximum atomic E-state index is 13.5. The summed E-state index contributed by atoms with van der Waals surface area (Å²) in [4.78, 5) is 11.9. The van der Waals surface area contributed by atoms with Gasteiger partial charge < -0.3 is 5.32 Å². The fourth-order valence-electron chi connectivity index (χ4n) is 2.49. The molecular weight excluding hydrogens is 353 g/mol. The van der Waals surface area contributed by atoms with Gasteiger partial charge in [0, 0.05) is 12.1 Å². The molecule has 1 amide bonds. The lowest BCUT2D eigenvalue weighted by Gasteiger charge is -2.19. The summed E-state index contributed by atoms with van der Waals surface area (Å²) in [6, 6.07) is 13.4. The minimum Gasteiger partial charge on any atom is -0.351 e. The molecule has 0 aliphatic rings. The van der Waals surface area contributed by atoms with Crippen LogP contribution in [-0.2, 0) is 32.3 Å². The van der Waals surface area contributed by atoms with Crippen molar-refractivity contribution in [1.29, 1.82) is 0 Å². The van der Waals surface area contributed by atoms with Crippen molar-refractivity contribution in [3.63, 3.8) is 0 Å².